The van der Waals surface area contributed by atoms with Crippen LogP contribution in [0.4, 0.5) is 11.4 Å². The summed E-state index contributed by atoms with van der Waals surface area (Å²) in [5.74, 6) is -0.0367. The average molecular weight is 365 g/mol. The van der Waals surface area contributed by atoms with Gasteiger partial charge in [-0.2, -0.15) is 0 Å². The highest BCUT2D eigenvalue weighted by Crippen LogP contribution is 2.27. The van der Waals surface area contributed by atoms with E-state index in [2.05, 4.69) is 10.6 Å². The molecule has 0 aromatic heterocycles. The van der Waals surface area contributed by atoms with Crippen LogP contribution in [0.15, 0.2) is 47.4 Å². The molecule has 0 aliphatic carbocycles. The second-order valence-electron chi connectivity index (χ2n) is 5.36. The lowest BCUT2D eigenvalue weighted by atomic mass is 10.2. The molecule has 2 N–H and O–H groups in total. The Labute approximate surface area is 143 Å². The molecule has 2 aromatic rings. The molecule has 24 heavy (non-hydrogen) atoms. The van der Waals surface area contributed by atoms with Gasteiger partial charge in [0.05, 0.1) is 17.7 Å². The monoisotopic (exact) mass is 364 g/mol. The van der Waals surface area contributed by atoms with E-state index in [1.165, 1.54) is 18.2 Å². The van der Waals surface area contributed by atoms with Gasteiger partial charge in [-0.1, -0.05) is 18.2 Å². The van der Waals surface area contributed by atoms with Gasteiger partial charge in [0, 0.05) is 22.1 Å². The Morgan fingerprint density at radius 3 is 2.04 bits per heavy atom. The van der Waals surface area contributed by atoms with Gasteiger partial charge in [0.25, 0.3) is 9.05 Å². The molecule has 0 saturated carbocycles. The van der Waals surface area contributed by atoms with E-state index in [0.29, 0.717) is 17.7 Å². The van der Waals surface area contributed by atoms with E-state index in [-0.39, 0.29) is 23.1 Å². The predicted molar refractivity (Wildman–Crippen MR) is 90.6 cm³/mol. The fourth-order valence-electron chi connectivity index (χ4n) is 2.52. The van der Waals surface area contributed by atoms with Gasteiger partial charge in [-0.3, -0.25) is 9.59 Å². The number of fused-ring (bicyclic) bond motifs is 2. The quantitative estimate of drug-likeness (QED) is 0.759. The highest BCUT2D eigenvalue weighted by atomic mass is 35.7. The molecule has 124 valence electrons. The van der Waals surface area contributed by atoms with Crippen molar-refractivity contribution in [2.24, 2.45) is 0 Å². The summed E-state index contributed by atoms with van der Waals surface area (Å²) in [4.78, 5) is 21.8. The zero-order valence-electron chi connectivity index (χ0n) is 12.4. The highest BCUT2D eigenvalue weighted by Gasteiger charge is 2.20. The molecule has 4 rings (SSSR count). The molecule has 2 amide bonds. The van der Waals surface area contributed by atoms with Crippen molar-refractivity contribution in [3.63, 3.8) is 0 Å². The van der Waals surface area contributed by atoms with Gasteiger partial charge in [-0.15, -0.1) is 0 Å². The van der Waals surface area contributed by atoms with Crippen molar-refractivity contribution in [2.45, 2.75) is 17.7 Å². The van der Waals surface area contributed by atoms with E-state index < -0.39 is 9.05 Å². The Kier molecular flexibility index (Phi) is 4.29. The predicted octanol–water partition coefficient (Wildman–Crippen LogP) is 2.29. The second kappa shape index (κ2) is 6.26. The number of anilines is 2. The van der Waals surface area contributed by atoms with Gasteiger partial charge in [0.15, 0.2) is 0 Å². The van der Waals surface area contributed by atoms with Gasteiger partial charge in [0.2, 0.25) is 11.8 Å². The number of amides is 2. The Hall–Kier alpha value is -2.38. The molecule has 2 heterocycles. The first-order valence-electron chi connectivity index (χ1n) is 7.08. The molecule has 6 nitrogen and oxygen atoms in total. The third-order valence-corrected chi connectivity index (χ3v) is 4.98. The summed E-state index contributed by atoms with van der Waals surface area (Å²) in [5.41, 5.74) is 3.38. The molecule has 0 spiro atoms. The fourth-order valence-corrected chi connectivity index (χ4v) is 3.32. The van der Waals surface area contributed by atoms with E-state index in [9.17, 15) is 18.0 Å². The lowest BCUT2D eigenvalue weighted by Crippen LogP contribution is -2.03. The van der Waals surface area contributed by atoms with Crippen LogP contribution in [0, 0.1) is 0 Å². The lowest BCUT2D eigenvalue weighted by molar-refractivity contribution is -0.115. The molecule has 2 aliphatic heterocycles. The van der Waals surface area contributed by atoms with E-state index >= 15 is 0 Å². The zero-order valence-corrected chi connectivity index (χ0v) is 13.9. The number of benzene rings is 2. The van der Waals surface area contributed by atoms with Crippen molar-refractivity contribution in [1.82, 2.24) is 0 Å². The van der Waals surface area contributed by atoms with Crippen molar-refractivity contribution < 1.29 is 18.0 Å². The van der Waals surface area contributed by atoms with E-state index in [1.54, 1.807) is 0 Å². The first-order chi connectivity index (χ1) is 11.3. The molecular formula is C16H13ClN2O4S. The number of para-hydroxylation sites is 1. The summed E-state index contributed by atoms with van der Waals surface area (Å²) in [6.07, 6.45) is 0.742. The maximum atomic E-state index is 11.0. The molecule has 2 aromatic carbocycles. The maximum Gasteiger partial charge on any atom is 0.261 e. The summed E-state index contributed by atoms with van der Waals surface area (Å²) >= 11 is 0. The molecule has 2 aliphatic rings. The standard InChI is InChI=1S/C8H6ClNO3S.C8H7NO/c9-14(12,13)6-1-2-7-5(3-6)4-8(11)10-7;10-8-5-6-3-1-2-4-7(6)9-8/h1-3H,4H2,(H,10,11);1-4H,5H2,(H,9,10). The maximum absolute atomic E-state index is 11.0. The van der Waals surface area contributed by atoms with Crippen LogP contribution in [-0.4, -0.2) is 20.2 Å². The molecular weight excluding hydrogens is 352 g/mol. The summed E-state index contributed by atoms with van der Waals surface area (Å²) in [6.45, 7) is 0. The Morgan fingerprint density at radius 2 is 1.42 bits per heavy atom. The van der Waals surface area contributed by atoms with Gasteiger partial charge in [0.1, 0.15) is 0 Å². The highest BCUT2D eigenvalue weighted by molar-refractivity contribution is 8.13. The molecule has 0 atom stereocenters. The molecule has 0 radical (unpaired) electrons. The largest absolute Gasteiger partial charge is 0.326 e. The van der Waals surface area contributed by atoms with Crippen LogP contribution in [0.5, 0.6) is 0 Å². The van der Waals surface area contributed by atoms with Crippen molar-refractivity contribution in [3.05, 3.63) is 53.6 Å². The molecule has 0 fully saturated rings. The van der Waals surface area contributed by atoms with E-state index in [0.717, 1.165) is 11.3 Å². The van der Waals surface area contributed by atoms with Crippen LogP contribution in [0.25, 0.3) is 0 Å². The number of halogens is 1. The third-order valence-electron chi connectivity index (χ3n) is 3.63. The molecule has 8 heteroatoms. The number of rotatable bonds is 1. The minimum atomic E-state index is -3.71. The molecule has 0 saturated heterocycles. The minimum absolute atomic E-state index is 0.0226. The van der Waals surface area contributed by atoms with Crippen molar-refractivity contribution in [1.29, 1.82) is 0 Å². The lowest BCUT2D eigenvalue weighted by Gasteiger charge is -1.99. The summed E-state index contributed by atoms with van der Waals surface area (Å²) in [7, 11) is 1.45. The van der Waals surface area contributed by atoms with Crippen molar-refractivity contribution >= 4 is 42.9 Å². The summed E-state index contributed by atoms with van der Waals surface area (Å²) in [5, 5.41) is 5.36. The van der Waals surface area contributed by atoms with Crippen LogP contribution >= 0.6 is 10.7 Å². The zero-order chi connectivity index (χ0) is 17.3. The van der Waals surface area contributed by atoms with Gasteiger partial charge in [-0.05, 0) is 35.4 Å². The van der Waals surface area contributed by atoms with Crippen LogP contribution in [0.2, 0.25) is 0 Å². The van der Waals surface area contributed by atoms with E-state index in [1.807, 2.05) is 24.3 Å². The van der Waals surface area contributed by atoms with Crippen LogP contribution in [0.3, 0.4) is 0 Å². The SMILES string of the molecule is O=C1Cc2cc(S(=O)(=O)Cl)ccc2N1.O=C1Cc2ccccc2N1. The van der Waals surface area contributed by atoms with Crippen LogP contribution in [0.1, 0.15) is 11.1 Å². The number of hydrogen-bond donors (Lipinski definition) is 2. The third kappa shape index (κ3) is 3.58. The first-order valence-corrected chi connectivity index (χ1v) is 9.39. The number of hydrogen-bond acceptors (Lipinski definition) is 4. The summed E-state index contributed by atoms with van der Waals surface area (Å²) in [6, 6.07) is 12.1. The van der Waals surface area contributed by atoms with Gasteiger partial charge in [-0.25, -0.2) is 8.42 Å². The van der Waals surface area contributed by atoms with E-state index in [4.69, 9.17) is 10.7 Å². The number of nitrogens with one attached hydrogen (secondary N) is 2. The Morgan fingerprint density at radius 1 is 0.833 bits per heavy atom. The number of carbonyl (C=O) groups excluding carboxylic acids is 2. The number of carbonyl (C=O) groups is 2. The topological polar surface area (TPSA) is 92.3 Å². The van der Waals surface area contributed by atoms with Crippen LogP contribution in [-0.2, 0) is 31.5 Å². The van der Waals surface area contributed by atoms with Crippen LogP contribution < -0.4 is 10.6 Å². The molecule has 0 bridgehead atoms. The smallest absolute Gasteiger partial charge is 0.261 e. The van der Waals surface area contributed by atoms with Gasteiger partial charge < -0.3 is 10.6 Å². The fraction of sp³-hybridized carbons (Fsp3) is 0.125. The summed E-state index contributed by atoms with van der Waals surface area (Å²) < 4.78 is 21.9. The van der Waals surface area contributed by atoms with Crippen molar-refractivity contribution in [3.8, 4) is 0 Å². The Balaban J connectivity index is 0.000000149. The minimum Gasteiger partial charge on any atom is -0.326 e. The second-order valence-corrected chi connectivity index (χ2v) is 7.93. The van der Waals surface area contributed by atoms with Crippen molar-refractivity contribution in [2.75, 3.05) is 10.6 Å². The normalized spacial score (nSPS) is 14.9. The first kappa shape index (κ1) is 16.5. The average Bonchev–Trinajstić information content (AvgIpc) is 3.06. The molecule has 0 unspecified atom stereocenters. The Bertz CT molecular complexity index is 914. The van der Waals surface area contributed by atoms with Gasteiger partial charge >= 0.3 is 0 Å².